The standard InChI is InChI=1S/C16H14ClN3OS2/c1-9-19-15(22-7-6-13(18)21)14-12(8-23-16(14)20-9)10-2-4-11(17)5-3-10/h2-5,8H,6-7H2,1H3,(H2,18,21). The van der Waals surface area contributed by atoms with Crippen LogP contribution in [0.4, 0.5) is 0 Å². The summed E-state index contributed by atoms with van der Waals surface area (Å²) in [5.74, 6) is 1.03. The van der Waals surface area contributed by atoms with Crippen LogP contribution in [0.15, 0.2) is 34.7 Å². The van der Waals surface area contributed by atoms with E-state index in [2.05, 4.69) is 15.3 Å². The van der Waals surface area contributed by atoms with Crippen LogP contribution in [-0.4, -0.2) is 21.6 Å². The average molecular weight is 364 g/mol. The first kappa shape index (κ1) is 16.2. The lowest BCUT2D eigenvalue weighted by Crippen LogP contribution is -2.11. The van der Waals surface area contributed by atoms with Crippen molar-refractivity contribution in [3.05, 3.63) is 40.5 Å². The van der Waals surface area contributed by atoms with Crippen molar-refractivity contribution in [2.24, 2.45) is 5.73 Å². The van der Waals surface area contributed by atoms with Crippen molar-refractivity contribution in [2.45, 2.75) is 18.4 Å². The summed E-state index contributed by atoms with van der Waals surface area (Å²) < 4.78 is 0. The van der Waals surface area contributed by atoms with Crippen molar-refractivity contribution in [1.82, 2.24) is 9.97 Å². The van der Waals surface area contributed by atoms with Crippen LogP contribution < -0.4 is 5.73 Å². The molecule has 0 saturated heterocycles. The van der Waals surface area contributed by atoms with Crippen LogP contribution in [0.2, 0.25) is 5.02 Å². The zero-order chi connectivity index (χ0) is 16.4. The molecular weight excluding hydrogens is 350 g/mol. The molecule has 7 heteroatoms. The van der Waals surface area contributed by atoms with Gasteiger partial charge in [-0.1, -0.05) is 23.7 Å². The maximum absolute atomic E-state index is 11.0. The quantitative estimate of drug-likeness (QED) is 0.542. The zero-order valence-corrected chi connectivity index (χ0v) is 14.8. The van der Waals surface area contributed by atoms with Gasteiger partial charge in [-0.05, 0) is 24.6 Å². The molecule has 3 rings (SSSR count). The smallest absolute Gasteiger partial charge is 0.218 e. The van der Waals surface area contributed by atoms with Gasteiger partial charge in [0.1, 0.15) is 15.7 Å². The van der Waals surface area contributed by atoms with E-state index in [1.807, 2.05) is 31.2 Å². The maximum Gasteiger partial charge on any atom is 0.218 e. The van der Waals surface area contributed by atoms with Crippen LogP contribution in [0.5, 0.6) is 0 Å². The molecule has 118 valence electrons. The molecule has 2 heterocycles. The predicted molar refractivity (Wildman–Crippen MR) is 97.1 cm³/mol. The van der Waals surface area contributed by atoms with E-state index in [1.165, 1.54) is 11.8 Å². The number of aromatic nitrogens is 2. The highest BCUT2D eigenvalue weighted by atomic mass is 35.5. The Bertz CT molecular complexity index is 862. The van der Waals surface area contributed by atoms with Gasteiger partial charge in [-0.25, -0.2) is 9.97 Å². The molecule has 2 N–H and O–H groups in total. The molecule has 4 nitrogen and oxygen atoms in total. The van der Waals surface area contributed by atoms with Gasteiger partial charge in [0.2, 0.25) is 5.91 Å². The van der Waals surface area contributed by atoms with E-state index >= 15 is 0 Å². The molecule has 0 unspecified atom stereocenters. The summed E-state index contributed by atoms with van der Waals surface area (Å²) in [5.41, 5.74) is 7.38. The second kappa shape index (κ2) is 6.86. The van der Waals surface area contributed by atoms with Crippen molar-refractivity contribution >= 4 is 50.8 Å². The number of hydrogen-bond donors (Lipinski definition) is 1. The van der Waals surface area contributed by atoms with E-state index in [0.717, 1.165) is 32.2 Å². The van der Waals surface area contributed by atoms with Crippen molar-refractivity contribution in [3.8, 4) is 11.1 Å². The highest BCUT2D eigenvalue weighted by Crippen LogP contribution is 2.38. The fourth-order valence-corrected chi connectivity index (χ4v) is 4.43. The fraction of sp³-hybridized carbons (Fsp3) is 0.188. The first-order valence-corrected chi connectivity index (χ1v) is 9.22. The molecule has 0 fully saturated rings. The van der Waals surface area contributed by atoms with Gasteiger partial charge in [0.25, 0.3) is 0 Å². The number of carbonyl (C=O) groups excluding carboxylic acids is 1. The molecule has 23 heavy (non-hydrogen) atoms. The number of thiophene rings is 1. The Hall–Kier alpha value is -1.63. The Morgan fingerprint density at radius 2 is 2.04 bits per heavy atom. The Labute approximate surface area is 147 Å². The van der Waals surface area contributed by atoms with Gasteiger partial charge in [-0.3, -0.25) is 4.79 Å². The number of aryl methyl sites for hydroxylation is 1. The summed E-state index contributed by atoms with van der Waals surface area (Å²) in [6.07, 6.45) is 0.329. The molecule has 0 spiro atoms. The number of fused-ring (bicyclic) bond motifs is 1. The first-order valence-electron chi connectivity index (χ1n) is 6.97. The van der Waals surface area contributed by atoms with Crippen LogP contribution in [0.1, 0.15) is 12.2 Å². The molecule has 1 amide bonds. The second-order valence-electron chi connectivity index (χ2n) is 4.98. The Morgan fingerprint density at radius 3 is 2.74 bits per heavy atom. The number of amides is 1. The van der Waals surface area contributed by atoms with Crippen LogP contribution in [-0.2, 0) is 4.79 Å². The third kappa shape index (κ3) is 3.65. The Morgan fingerprint density at radius 1 is 1.30 bits per heavy atom. The summed E-state index contributed by atoms with van der Waals surface area (Å²) in [7, 11) is 0. The number of carbonyl (C=O) groups is 1. The number of hydrogen-bond acceptors (Lipinski definition) is 5. The predicted octanol–water partition coefficient (Wildman–Crippen LogP) is 4.29. The summed E-state index contributed by atoms with van der Waals surface area (Å²) in [4.78, 5) is 21.0. The largest absolute Gasteiger partial charge is 0.370 e. The molecular formula is C16H14ClN3OS2. The topological polar surface area (TPSA) is 68.9 Å². The fourth-order valence-electron chi connectivity index (χ4n) is 2.21. The minimum Gasteiger partial charge on any atom is -0.370 e. The van der Waals surface area contributed by atoms with Gasteiger partial charge >= 0.3 is 0 Å². The molecule has 0 saturated carbocycles. The lowest BCUT2D eigenvalue weighted by Gasteiger charge is -2.06. The van der Waals surface area contributed by atoms with Crippen LogP contribution in [0.3, 0.4) is 0 Å². The van der Waals surface area contributed by atoms with Crippen molar-refractivity contribution in [3.63, 3.8) is 0 Å². The highest BCUT2D eigenvalue weighted by Gasteiger charge is 2.15. The Balaban J connectivity index is 2.05. The highest BCUT2D eigenvalue weighted by molar-refractivity contribution is 7.99. The summed E-state index contributed by atoms with van der Waals surface area (Å²) >= 11 is 9.10. The van der Waals surface area contributed by atoms with E-state index in [4.69, 9.17) is 17.3 Å². The summed E-state index contributed by atoms with van der Waals surface area (Å²) in [5, 5.41) is 4.70. The van der Waals surface area contributed by atoms with E-state index in [-0.39, 0.29) is 5.91 Å². The van der Waals surface area contributed by atoms with Gasteiger partial charge in [0.15, 0.2) is 0 Å². The lowest BCUT2D eigenvalue weighted by atomic mass is 10.1. The van der Waals surface area contributed by atoms with E-state index in [1.54, 1.807) is 11.3 Å². The molecule has 0 aliphatic rings. The molecule has 0 bridgehead atoms. The van der Waals surface area contributed by atoms with Crippen LogP contribution in [0, 0.1) is 6.92 Å². The number of nitrogens with zero attached hydrogens (tertiary/aromatic N) is 2. The number of rotatable bonds is 5. The summed E-state index contributed by atoms with van der Waals surface area (Å²) in [6, 6.07) is 7.72. The van der Waals surface area contributed by atoms with Gasteiger partial charge in [0.05, 0.1) is 5.39 Å². The van der Waals surface area contributed by atoms with Gasteiger partial charge < -0.3 is 5.73 Å². The van der Waals surface area contributed by atoms with Crippen molar-refractivity contribution < 1.29 is 4.79 Å². The third-order valence-corrected chi connectivity index (χ3v) is 5.36. The molecule has 0 aliphatic carbocycles. The average Bonchev–Trinajstić information content (AvgIpc) is 2.91. The first-order chi connectivity index (χ1) is 11.0. The number of halogens is 1. The molecule has 1 aromatic carbocycles. The van der Waals surface area contributed by atoms with E-state index < -0.39 is 0 Å². The van der Waals surface area contributed by atoms with Crippen LogP contribution >= 0.6 is 34.7 Å². The van der Waals surface area contributed by atoms with Gasteiger partial charge in [-0.2, -0.15) is 0 Å². The SMILES string of the molecule is Cc1nc(SCCC(N)=O)c2c(-c3ccc(Cl)cc3)csc2n1. The number of primary amides is 1. The van der Waals surface area contributed by atoms with Gasteiger partial charge in [-0.15, -0.1) is 23.1 Å². The van der Waals surface area contributed by atoms with Crippen molar-refractivity contribution in [2.75, 3.05) is 5.75 Å². The molecule has 0 radical (unpaired) electrons. The van der Waals surface area contributed by atoms with E-state index in [0.29, 0.717) is 17.2 Å². The van der Waals surface area contributed by atoms with Gasteiger partial charge in [0, 0.05) is 28.1 Å². The minimum absolute atomic E-state index is 0.303. The number of nitrogens with two attached hydrogens (primary N) is 1. The van der Waals surface area contributed by atoms with E-state index in [9.17, 15) is 4.79 Å². The molecule has 0 aliphatic heterocycles. The van der Waals surface area contributed by atoms with Crippen molar-refractivity contribution in [1.29, 1.82) is 0 Å². The maximum atomic E-state index is 11.0. The Kier molecular flexibility index (Phi) is 4.84. The monoisotopic (exact) mass is 363 g/mol. The molecule has 3 aromatic rings. The zero-order valence-electron chi connectivity index (χ0n) is 12.4. The normalized spacial score (nSPS) is 11.0. The minimum atomic E-state index is -0.303. The summed E-state index contributed by atoms with van der Waals surface area (Å²) in [6.45, 7) is 1.87. The number of thioether (sulfide) groups is 1. The third-order valence-electron chi connectivity index (χ3n) is 3.25. The second-order valence-corrected chi connectivity index (χ2v) is 7.36. The molecule has 0 atom stereocenters. The number of benzene rings is 1. The molecule has 2 aromatic heterocycles. The van der Waals surface area contributed by atoms with Crippen LogP contribution in [0.25, 0.3) is 21.3 Å². The lowest BCUT2D eigenvalue weighted by molar-refractivity contribution is -0.117.